The fraction of sp³-hybridized carbons (Fsp3) is 0.190. The SMILES string of the molecule is CN(Cc1ccc(Cl)c(Cl)c1)C(=O)[C@@H](N)Cc1ccc2ccccc2c1. The van der Waals surface area contributed by atoms with E-state index < -0.39 is 6.04 Å². The van der Waals surface area contributed by atoms with Crippen molar-refractivity contribution in [1.29, 1.82) is 0 Å². The fourth-order valence-electron chi connectivity index (χ4n) is 2.98. The first-order valence-electron chi connectivity index (χ1n) is 8.36. The number of halogens is 2. The van der Waals surface area contributed by atoms with Gasteiger partial charge in [-0.3, -0.25) is 4.79 Å². The van der Waals surface area contributed by atoms with E-state index in [1.54, 1.807) is 24.1 Å². The second-order valence-corrected chi connectivity index (χ2v) is 7.25. The van der Waals surface area contributed by atoms with Crippen molar-refractivity contribution in [3.8, 4) is 0 Å². The van der Waals surface area contributed by atoms with Crippen molar-refractivity contribution < 1.29 is 4.79 Å². The van der Waals surface area contributed by atoms with E-state index in [1.807, 2.05) is 24.3 Å². The molecule has 0 radical (unpaired) electrons. The summed E-state index contributed by atoms with van der Waals surface area (Å²) in [5.41, 5.74) is 8.12. The summed E-state index contributed by atoms with van der Waals surface area (Å²) in [4.78, 5) is 14.2. The standard InChI is InChI=1S/C21H20Cl2N2O/c1-25(13-15-7-9-18(22)19(23)11-15)21(26)20(24)12-14-6-8-16-4-2-3-5-17(16)10-14/h2-11,20H,12-13,24H2,1H3/t20-/m0/s1. The summed E-state index contributed by atoms with van der Waals surface area (Å²) in [7, 11) is 1.74. The molecule has 1 atom stereocenters. The van der Waals surface area contributed by atoms with Crippen LogP contribution in [0.5, 0.6) is 0 Å². The van der Waals surface area contributed by atoms with E-state index in [0.717, 1.165) is 16.5 Å². The van der Waals surface area contributed by atoms with E-state index >= 15 is 0 Å². The van der Waals surface area contributed by atoms with E-state index in [9.17, 15) is 4.79 Å². The van der Waals surface area contributed by atoms with Crippen LogP contribution in [0.3, 0.4) is 0 Å². The van der Waals surface area contributed by atoms with Gasteiger partial charge in [-0.25, -0.2) is 0 Å². The minimum absolute atomic E-state index is 0.107. The van der Waals surface area contributed by atoms with Gasteiger partial charge in [0, 0.05) is 13.6 Å². The molecule has 134 valence electrons. The Morgan fingerprint density at radius 2 is 1.65 bits per heavy atom. The normalized spacial score (nSPS) is 12.2. The highest BCUT2D eigenvalue weighted by molar-refractivity contribution is 6.42. The third kappa shape index (κ3) is 4.36. The zero-order valence-corrected chi connectivity index (χ0v) is 16.0. The minimum Gasteiger partial charge on any atom is -0.340 e. The minimum atomic E-state index is -0.594. The number of nitrogens with two attached hydrogens (primary N) is 1. The van der Waals surface area contributed by atoms with E-state index in [4.69, 9.17) is 28.9 Å². The van der Waals surface area contributed by atoms with Crippen LogP contribution in [0.1, 0.15) is 11.1 Å². The van der Waals surface area contributed by atoms with Crippen molar-refractivity contribution >= 4 is 39.9 Å². The van der Waals surface area contributed by atoms with Gasteiger partial charge in [-0.1, -0.05) is 71.7 Å². The predicted octanol–water partition coefficient (Wildman–Crippen LogP) is 4.68. The van der Waals surface area contributed by atoms with Crippen LogP contribution in [0.25, 0.3) is 10.8 Å². The maximum absolute atomic E-state index is 12.6. The molecule has 0 aliphatic heterocycles. The molecule has 0 saturated carbocycles. The van der Waals surface area contributed by atoms with Gasteiger partial charge in [-0.15, -0.1) is 0 Å². The number of carbonyl (C=O) groups excluding carboxylic acids is 1. The fourth-order valence-corrected chi connectivity index (χ4v) is 3.30. The first-order valence-corrected chi connectivity index (χ1v) is 9.12. The molecule has 3 rings (SSSR count). The molecule has 26 heavy (non-hydrogen) atoms. The number of carbonyl (C=O) groups is 1. The Hall–Kier alpha value is -2.07. The lowest BCUT2D eigenvalue weighted by molar-refractivity contribution is -0.131. The number of rotatable bonds is 5. The van der Waals surface area contributed by atoms with Crippen LogP contribution in [-0.4, -0.2) is 23.9 Å². The molecule has 3 aromatic carbocycles. The molecule has 0 heterocycles. The van der Waals surface area contributed by atoms with Gasteiger partial charge >= 0.3 is 0 Å². The van der Waals surface area contributed by atoms with Crippen LogP contribution in [-0.2, 0) is 17.8 Å². The van der Waals surface area contributed by atoms with E-state index in [2.05, 4.69) is 24.3 Å². The highest BCUT2D eigenvalue weighted by Gasteiger charge is 2.19. The number of benzene rings is 3. The molecule has 5 heteroatoms. The Morgan fingerprint density at radius 1 is 0.962 bits per heavy atom. The van der Waals surface area contributed by atoms with E-state index in [1.165, 1.54) is 5.39 Å². The zero-order chi connectivity index (χ0) is 18.7. The summed E-state index contributed by atoms with van der Waals surface area (Å²) in [6, 6.07) is 19.1. The quantitative estimate of drug-likeness (QED) is 0.691. The van der Waals surface area contributed by atoms with Crippen molar-refractivity contribution in [2.24, 2.45) is 5.73 Å². The molecule has 0 aromatic heterocycles. The molecule has 0 spiro atoms. The third-order valence-corrected chi connectivity index (χ3v) is 5.11. The molecule has 0 saturated heterocycles. The van der Waals surface area contributed by atoms with E-state index in [-0.39, 0.29) is 5.91 Å². The Bertz CT molecular complexity index is 942. The lowest BCUT2D eigenvalue weighted by Gasteiger charge is -2.22. The lowest BCUT2D eigenvalue weighted by atomic mass is 10.0. The summed E-state index contributed by atoms with van der Waals surface area (Å²) < 4.78 is 0. The van der Waals surface area contributed by atoms with Gasteiger partial charge in [0.25, 0.3) is 0 Å². The van der Waals surface area contributed by atoms with Crippen LogP contribution in [0, 0.1) is 0 Å². The average molecular weight is 387 g/mol. The molecule has 2 N–H and O–H groups in total. The molecule has 0 aliphatic carbocycles. The largest absolute Gasteiger partial charge is 0.340 e. The monoisotopic (exact) mass is 386 g/mol. The van der Waals surface area contributed by atoms with Gasteiger partial charge in [0.2, 0.25) is 5.91 Å². The van der Waals surface area contributed by atoms with Crippen molar-refractivity contribution in [2.45, 2.75) is 19.0 Å². The second kappa shape index (κ2) is 8.09. The van der Waals surface area contributed by atoms with Crippen molar-refractivity contribution in [3.05, 3.63) is 81.8 Å². The summed E-state index contributed by atoms with van der Waals surface area (Å²) >= 11 is 12.0. The average Bonchev–Trinajstić information content (AvgIpc) is 2.64. The van der Waals surface area contributed by atoms with Crippen LogP contribution >= 0.6 is 23.2 Å². The highest BCUT2D eigenvalue weighted by Crippen LogP contribution is 2.23. The molecule has 0 bridgehead atoms. The van der Waals surface area contributed by atoms with Gasteiger partial charge in [0.1, 0.15) is 0 Å². The molecular formula is C21H20Cl2N2O. The Labute approximate surface area is 163 Å². The van der Waals surface area contributed by atoms with Crippen LogP contribution in [0.15, 0.2) is 60.7 Å². The number of likely N-dealkylation sites (N-methyl/N-ethyl adjacent to an activating group) is 1. The summed E-state index contributed by atoms with van der Waals surface area (Å²) in [5.74, 6) is -0.107. The Morgan fingerprint density at radius 3 is 2.38 bits per heavy atom. The highest BCUT2D eigenvalue weighted by atomic mass is 35.5. The third-order valence-electron chi connectivity index (χ3n) is 4.37. The molecule has 0 fully saturated rings. The molecule has 0 unspecified atom stereocenters. The molecule has 1 amide bonds. The van der Waals surface area contributed by atoms with Gasteiger partial charge in [-0.2, -0.15) is 0 Å². The van der Waals surface area contributed by atoms with Gasteiger partial charge in [0.15, 0.2) is 0 Å². The van der Waals surface area contributed by atoms with Crippen molar-refractivity contribution in [1.82, 2.24) is 4.90 Å². The van der Waals surface area contributed by atoms with Crippen LogP contribution < -0.4 is 5.73 Å². The van der Waals surface area contributed by atoms with Crippen molar-refractivity contribution in [2.75, 3.05) is 7.05 Å². The summed E-state index contributed by atoms with van der Waals surface area (Å²) in [6.45, 7) is 0.432. The molecule has 3 nitrogen and oxygen atoms in total. The predicted molar refractivity (Wildman–Crippen MR) is 109 cm³/mol. The summed E-state index contributed by atoms with van der Waals surface area (Å²) in [6.07, 6.45) is 0.495. The number of hydrogen-bond acceptors (Lipinski definition) is 2. The first kappa shape index (κ1) is 18.7. The Balaban J connectivity index is 1.66. The zero-order valence-electron chi connectivity index (χ0n) is 14.5. The van der Waals surface area contributed by atoms with Gasteiger partial charge < -0.3 is 10.6 Å². The first-order chi connectivity index (χ1) is 12.4. The number of hydrogen-bond donors (Lipinski definition) is 1. The van der Waals surface area contributed by atoms with Crippen molar-refractivity contribution in [3.63, 3.8) is 0 Å². The number of nitrogens with zero attached hydrogens (tertiary/aromatic N) is 1. The van der Waals surface area contributed by atoms with Crippen LogP contribution in [0.4, 0.5) is 0 Å². The summed E-state index contributed by atoms with van der Waals surface area (Å²) in [5, 5.41) is 3.30. The molecule has 0 aliphatic rings. The molecule has 3 aromatic rings. The molecular weight excluding hydrogens is 367 g/mol. The Kier molecular flexibility index (Phi) is 5.82. The maximum Gasteiger partial charge on any atom is 0.239 e. The van der Waals surface area contributed by atoms with Gasteiger partial charge in [0.05, 0.1) is 16.1 Å². The smallest absolute Gasteiger partial charge is 0.239 e. The lowest BCUT2D eigenvalue weighted by Crippen LogP contribution is -2.42. The number of fused-ring (bicyclic) bond motifs is 1. The van der Waals surface area contributed by atoms with Gasteiger partial charge in [-0.05, 0) is 40.5 Å². The topological polar surface area (TPSA) is 46.3 Å². The van der Waals surface area contributed by atoms with E-state index in [0.29, 0.717) is 23.0 Å². The van der Waals surface area contributed by atoms with Crippen LogP contribution in [0.2, 0.25) is 10.0 Å². The number of amides is 1. The maximum atomic E-state index is 12.6. The second-order valence-electron chi connectivity index (χ2n) is 6.43.